The first-order chi connectivity index (χ1) is 11.4. The van der Waals surface area contributed by atoms with Crippen LogP contribution in [0.5, 0.6) is 0 Å². The van der Waals surface area contributed by atoms with Gasteiger partial charge in [0.1, 0.15) is 6.54 Å². The smallest absolute Gasteiger partial charge is 0.406 e. The summed E-state index contributed by atoms with van der Waals surface area (Å²) in [7, 11) is 0. The molecule has 1 N–H and O–H groups in total. The molecule has 1 unspecified atom stereocenters. The predicted octanol–water partition coefficient (Wildman–Crippen LogP) is 2.95. The molecule has 0 saturated heterocycles. The van der Waals surface area contributed by atoms with Gasteiger partial charge in [-0.3, -0.25) is 4.79 Å². The number of hydrogen-bond acceptors (Lipinski definition) is 5. The summed E-state index contributed by atoms with van der Waals surface area (Å²) in [4.78, 5) is 29.7. The van der Waals surface area contributed by atoms with Crippen molar-refractivity contribution in [3.63, 3.8) is 0 Å². The molecule has 7 heteroatoms. The molecule has 0 aliphatic carbocycles. The van der Waals surface area contributed by atoms with E-state index in [9.17, 15) is 9.59 Å². The lowest BCUT2D eigenvalue weighted by Gasteiger charge is -2.30. The molecule has 3 aromatic rings. The second-order valence-corrected chi connectivity index (χ2v) is 7.64. The van der Waals surface area contributed by atoms with Gasteiger partial charge in [-0.25, -0.2) is 14.3 Å². The van der Waals surface area contributed by atoms with Crippen LogP contribution in [0.4, 0.5) is 0 Å². The minimum atomic E-state index is -0.581. The van der Waals surface area contributed by atoms with Crippen LogP contribution in [0.25, 0.3) is 11.2 Å². The normalized spacial score (nSPS) is 13.1. The predicted molar refractivity (Wildman–Crippen MR) is 92.9 cm³/mol. The minimum Gasteiger partial charge on any atom is -0.406 e. The van der Waals surface area contributed by atoms with Crippen molar-refractivity contribution in [2.45, 2.75) is 33.4 Å². The molecule has 0 aromatic carbocycles. The van der Waals surface area contributed by atoms with E-state index in [-0.39, 0.29) is 23.9 Å². The van der Waals surface area contributed by atoms with Gasteiger partial charge in [-0.15, -0.1) is 11.3 Å². The third-order valence-electron chi connectivity index (χ3n) is 3.72. The standard InChI is InChI=1S/C17H19N3O3S/c1-17(2,3)14(12-7-5-9-24-12)19-13(21)10-20-15-11(23-16(20)22)6-4-8-18-15/h4-9,14H,10H2,1-3H3,(H,19,21). The molecule has 3 rings (SSSR count). The molecule has 0 aliphatic heterocycles. The van der Waals surface area contributed by atoms with Gasteiger partial charge in [-0.1, -0.05) is 26.8 Å². The Morgan fingerprint density at radius 2 is 2.17 bits per heavy atom. The summed E-state index contributed by atoms with van der Waals surface area (Å²) >= 11 is 1.60. The third-order valence-corrected chi connectivity index (χ3v) is 4.66. The average Bonchev–Trinajstić information content (AvgIpc) is 3.13. The Morgan fingerprint density at radius 3 is 2.83 bits per heavy atom. The summed E-state index contributed by atoms with van der Waals surface area (Å²) in [5.41, 5.74) is 0.601. The zero-order chi connectivity index (χ0) is 17.3. The monoisotopic (exact) mass is 345 g/mol. The number of pyridine rings is 1. The number of oxazole rings is 1. The Bertz CT molecular complexity index is 903. The SMILES string of the molecule is CC(C)(C)C(NC(=O)Cn1c(=O)oc2cccnc21)c1cccs1. The second kappa shape index (κ2) is 6.24. The first-order valence-corrected chi connectivity index (χ1v) is 8.51. The number of carbonyl (C=O) groups is 1. The van der Waals surface area contributed by atoms with Crippen LogP contribution >= 0.6 is 11.3 Å². The van der Waals surface area contributed by atoms with Crippen molar-refractivity contribution in [1.29, 1.82) is 0 Å². The number of carbonyl (C=O) groups excluding carboxylic acids is 1. The minimum absolute atomic E-state index is 0.124. The van der Waals surface area contributed by atoms with Crippen molar-refractivity contribution in [2.75, 3.05) is 0 Å². The first-order valence-electron chi connectivity index (χ1n) is 7.63. The lowest BCUT2D eigenvalue weighted by Crippen LogP contribution is -2.39. The molecule has 1 atom stereocenters. The third kappa shape index (κ3) is 3.26. The molecule has 0 saturated carbocycles. The van der Waals surface area contributed by atoms with E-state index in [1.54, 1.807) is 29.7 Å². The summed E-state index contributed by atoms with van der Waals surface area (Å²) in [5.74, 6) is -0.832. The van der Waals surface area contributed by atoms with E-state index >= 15 is 0 Å². The van der Waals surface area contributed by atoms with E-state index in [4.69, 9.17) is 4.42 Å². The van der Waals surface area contributed by atoms with Crippen LogP contribution in [-0.2, 0) is 11.3 Å². The largest absolute Gasteiger partial charge is 0.421 e. The van der Waals surface area contributed by atoms with E-state index in [1.165, 1.54) is 4.57 Å². The maximum Gasteiger partial charge on any atom is 0.421 e. The number of thiophene rings is 1. The van der Waals surface area contributed by atoms with Gasteiger partial charge in [-0.05, 0) is 29.0 Å². The summed E-state index contributed by atoms with van der Waals surface area (Å²) in [6.07, 6.45) is 1.56. The zero-order valence-electron chi connectivity index (χ0n) is 13.8. The van der Waals surface area contributed by atoms with Crippen molar-refractivity contribution in [1.82, 2.24) is 14.9 Å². The molecular formula is C17H19N3O3S. The molecule has 0 radical (unpaired) electrons. The Hall–Kier alpha value is -2.41. The molecule has 0 aliphatic rings. The van der Waals surface area contributed by atoms with Gasteiger partial charge in [0.15, 0.2) is 11.2 Å². The molecule has 3 aromatic heterocycles. The zero-order valence-corrected chi connectivity index (χ0v) is 14.6. The molecule has 3 heterocycles. The van der Waals surface area contributed by atoms with Crippen LogP contribution in [0, 0.1) is 5.41 Å². The van der Waals surface area contributed by atoms with Crippen LogP contribution in [0.3, 0.4) is 0 Å². The van der Waals surface area contributed by atoms with Crippen LogP contribution < -0.4 is 11.1 Å². The van der Waals surface area contributed by atoms with Gasteiger partial charge in [0.05, 0.1) is 6.04 Å². The highest BCUT2D eigenvalue weighted by Crippen LogP contribution is 2.35. The van der Waals surface area contributed by atoms with E-state index < -0.39 is 5.76 Å². The van der Waals surface area contributed by atoms with Gasteiger partial charge in [0.2, 0.25) is 5.91 Å². The Labute approximate surface area is 143 Å². The topological polar surface area (TPSA) is 77.1 Å². The molecule has 0 spiro atoms. The van der Waals surface area contributed by atoms with Gasteiger partial charge in [-0.2, -0.15) is 0 Å². The quantitative estimate of drug-likeness (QED) is 0.789. The summed E-state index contributed by atoms with van der Waals surface area (Å²) in [6.45, 7) is 6.08. The molecule has 1 amide bonds. The van der Waals surface area contributed by atoms with E-state index in [0.717, 1.165) is 4.88 Å². The second-order valence-electron chi connectivity index (χ2n) is 6.66. The van der Waals surface area contributed by atoms with Crippen LogP contribution in [0.2, 0.25) is 0 Å². The molecule has 0 bridgehead atoms. The van der Waals surface area contributed by atoms with Crippen LogP contribution in [-0.4, -0.2) is 15.5 Å². The van der Waals surface area contributed by atoms with Crippen molar-refractivity contribution >= 4 is 28.5 Å². The Morgan fingerprint density at radius 1 is 1.38 bits per heavy atom. The van der Waals surface area contributed by atoms with Crippen molar-refractivity contribution < 1.29 is 9.21 Å². The fraction of sp³-hybridized carbons (Fsp3) is 0.353. The van der Waals surface area contributed by atoms with Gasteiger partial charge in [0, 0.05) is 11.1 Å². The van der Waals surface area contributed by atoms with E-state index in [0.29, 0.717) is 11.2 Å². The highest BCUT2D eigenvalue weighted by molar-refractivity contribution is 7.10. The number of amides is 1. The molecule has 126 valence electrons. The summed E-state index contributed by atoms with van der Waals surface area (Å²) in [5, 5.41) is 5.02. The van der Waals surface area contributed by atoms with Gasteiger partial charge >= 0.3 is 5.76 Å². The fourth-order valence-electron chi connectivity index (χ4n) is 2.56. The lowest BCUT2D eigenvalue weighted by molar-refractivity contribution is -0.123. The molecule has 6 nitrogen and oxygen atoms in total. The molecular weight excluding hydrogens is 326 g/mol. The number of aromatic nitrogens is 2. The van der Waals surface area contributed by atoms with Gasteiger partial charge in [0.25, 0.3) is 0 Å². The van der Waals surface area contributed by atoms with E-state index in [2.05, 4.69) is 31.1 Å². The fourth-order valence-corrected chi connectivity index (χ4v) is 3.58. The lowest BCUT2D eigenvalue weighted by atomic mass is 9.85. The number of fused-ring (bicyclic) bond motifs is 1. The number of hydrogen-bond donors (Lipinski definition) is 1. The molecule has 0 fully saturated rings. The Balaban J connectivity index is 1.84. The summed E-state index contributed by atoms with van der Waals surface area (Å²) in [6, 6.07) is 7.17. The maximum atomic E-state index is 12.5. The maximum absolute atomic E-state index is 12.5. The highest BCUT2D eigenvalue weighted by atomic mass is 32.1. The van der Waals surface area contributed by atoms with Crippen LogP contribution in [0.15, 0.2) is 45.1 Å². The van der Waals surface area contributed by atoms with E-state index in [1.807, 2.05) is 17.5 Å². The number of rotatable bonds is 4. The number of nitrogens with zero attached hydrogens (tertiary/aromatic N) is 2. The van der Waals surface area contributed by atoms with Crippen molar-refractivity contribution in [2.24, 2.45) is 5.41 Å². The highest BCUT2D eigenvalue weighted by Gasteiger charge is 2.29. The summed E-state index contributed by atoms with van der Waals surface area (Å²) < 4.78 is 6.36. The Kier molecular flexibility index (Phi) is 4.28. The number of nitrogens with one attached hydrogen (secondary N) is 1. The van der Waals surface area contributed by atoms with Crippen LogP contribution in [0.1, 0.15) is 31.7 Å². The first kappa shape index (κ1) is 16.4. The average molecular weight is 345 g/mol. The van der Waals surface area contributed by atoms with Crippen molar-refractivity contribution in [3.05, 3.63) is 51.3 Å². The van der Waals surface area contributed by atoms with Gasteiger partial charge < -0.3 is 9.73 Å². The molecule has 24 heavy (non-hydrogen) atoms. The van der Waals surface area contributed by atoms with Crippen molar-refractivity contribution in [3.8, 4) is 0 Å².